The molecule has 142 valence electrons. The maximum absolute atomic E-state index is 13.3. The lowest BCUT2D eigenvalue weighted by Crippen LogP contribution is -2.46. The Balaban J connectivity index is 1.69. The van der Waals surface area contributed by atoms with Crippen LogP contribution in [-0.4, -0.2) is 61.7 Å². The number of hydrogen-bond acceptors (Lipinski definition) is 4. The highest BCUT2D eigenvalue weighted by Gasteiger charge is 2.32. The fourth-order valence-corrected chi connectivity index (χ4v) is 3.90. The van der Waals surface area contributed by atoms with Crippen LogP contribution in [0.4, 0.5) is 0 Å². The summed E-state index contributed by atoms with van der Waals surface area (Å²) in [7, 11) is 0. The van der Waals surface area contributed by atoms with Crippen LogP contribution in [0.2, 0.25) is 5.02 Å². The van der Waals surface area contributed by atoms with E-state index in [1.54, 1.807) is 0 Å². The molecular weight excluding hydrogens is 364 g/mol. The predicted molar refractivity (Wildman–Crippen MR) is 104 cm³/mol. The zero-order chi connectivity index (χ0) is 18.6. The van der Waals surface area contributed by atoms with Gasteiger partial charge in [0, 0.05) is 23.7 Å². The monoisotopic (exact) mass is 386 g/mol. The van der Waals surface area contributed by atoms with Crippen molar-refractivity contribution in [3.8, 4) is 5.75 Å². The predicted octanol–water partition coefficient (Wildman–Crippen LogP) is 2.98. The lowest BCUT2D eigenvalue weighted by atomic mass is 9.96. The standard InChI is InChI=1S/C21H23ClN2O3/c22-17-6-7-19-18(14-17)21(16-4-2-1-3-5-16)24(10-13-27-19)20(25)15-23-8-11-26-12-9-23/h1-7,14,21H,8-13,15H2. The summed E-state index contributed by atoms with van der Waals surface area (Å²) >= 11 is 6.28. The minimum atomic E-state index is -0.212. The molecule has 1 atom stereocenters. The molecule has 0 radical (unpaired) electrons. The van der Waals surface area contributed by atoms with Crippen LogP contribution in [0.5, 0.6) is 5.75 Å². The van der Waals surface area contributed by atoms with E-state index in [1.807, 2.05) is 41.3 Å². The fourth-order valence-electron chi connectivity index (χ4n) is 3.72. The van der Waals surface area contributed by atoms with Crippen molar-refractivity contribution in [2.24, 2.45) is 0 Å². The number of nitrogens with zero attached hydrogens (tertiary/aromatic N) is 2. The highest BCUT2D eigenvalue weighted by Crippen LogP contribution is 2.38. The van der Waals surface area contributed by atoms with E-state index in [9.17, 15) is 4.79 Å². The molecule has 0 saturated carbocycles. The van der Waals surface area contributed by atoms with Gasteiger partial charge in [0.05, 0.1) is 32.3 Å². The van der Waals surface area contributed by atoms with Crippen LogP contribution < -0.4 is 4.74 Å². The van der Waals surface area contributed by atoms with E-state index in [4.69, 9.17) is 21.1 Å². The molecule has 5 nitrogen and oxygen atoms in total. The van der Waals surface area contributed by atoms with E-state index >= 15 is 0 Å². The number of morpholine rings is 1. The molecule has 4 rings (SSSR count). The Morgan fingerprint density at radius 2 is 1.81 bits per heavy atom. The molecule has 0 aliphatic carbocycles. The maximum atomic E-state index is 13.3. The number of amides is 1. The average molecular weight is 387 g/mol. The van der Waals surface area contributed by atoms with Gasteiger partial charge in [-0.25, -0.2) is 0 Å². The molecule has 0 aromatic heterocycles. The Morgan fingerprint density at radius 1 is 1.04 bits per heavy atom. The second-order valence-electron chi connectivity index (χ2n) is 6.82. The summed E-state index contributed by atoms with van der Waals surface area (Å²) in [5, 5.41) is 0.640. The number of rotatable bonds is 3. The number of halogens is 1. The molecule has 1 fully saturated rings. The van der Waals surface area contributed by atoms with Crippen molar-refractivity contribution < 1.29 is 14.3 Å². The van der Waals surface area contributed by atoms with E-state index in [2.05, 4.69) is 17.0 Å². The topological polar surface area (TPSA) is 42.0 Å². The molecular formula is C21H23ClN2O3. The third-order valence-electron chi connectivity index (χ3n) is 5.07. The minimum Gasteiger partial charge on any atom is -0.491 e. The Hall–Kier alpha value is -2.08. The SMILES string of the molecule is O=C(CN1CCOCC1)N1CCOc2ccc(Cl)cc2C1c1ccccc1. The quantitative estimate of drug-likeness (QED) is 0.813. The summed E-state index contributed by atoms with van der Waals surface area (Å²) in [6, 6.07) is 15.5. The summed E-state index contributed by atoms with van der Waals surface area (Å²) in [4.78, 5) is 17.3. The third-order valence-corrected chi connectivity index (χ3v) is 5.30. The van der Waals surface area contributed by atoms with Crippen molar-refractivity contribution in [3.63, 3.8) is 0 Å². The van der Waals surface area contributed by atoms with Gasteiger partial charge in [0.25, 0.3) is 0 Å². The smallest absolute Gasteiger partial charge is 0.237 e. The first-order valence-corrected chi connectivity index (χ1v) is 9.67. The van der Waals surface area contributed by atoms with E-state index in [-0.39, 0.29) is 11.9 Å². The number of ether oxygens (including phenoxy) is 2. The zero-order valence-electron chi connectivity index (χ0n) is 15.1. The van der Waals surface area contributed by atoms with Crippen LogP contribution >= 0.6 is 11.6 Å². The molecule has 0 N–H and O–H groups in total. The Kier molecular flexibility index (Phi) is 5.62. The van der Waals surface area contributed by atoms with E-state index in [1.165, 1.54) is 0 Å². The summed E-state index contributed by atoms with van der Waals surface area (Å²) in [6.07, 6.45) is 0. The normalized spacial score (nSPS) is 20.5. The molecule has 2 heterocycles. The highest BCUT2D eigenvalue weighted by atomic mass is 35.5. The molecule has 2 aromatic carbocycles. The summed E-state index contributed by atoms with van der Waals surface area (Å²) in [5.41, 5.74) is 1.99. The summed E-state index contributed by atoms with van der Waals surface area (Å²) < 4.78 is 11.3. The van der Waals surface area contributed by atoms with E-state index in [0.29, 0.717) is 37.9 Å². The van der Waals surface area contributed by atoms with Gasteiger partial charge in [0.1, 0.15) is 12.4 Å². The van der Waals surface area contributed by atoms with E-state index < -0.39 is 0 Å². The van der Waals surface area contributed by atoms with Crippen LogP contribution in [0.15, 0.2) is 48.5 Å². The molecule has 2 aliphatic heterocycles. The van der Waals surface area contributed by atoms with Gasteiger partial charge >= 0.3 is 0 Å². The number of carbonyl (C=O) groups excluding carboxylic acids is 1. The summed E-state index contributed by atoms with van der Waals surface area (Å²) in [6.45, 7) is 4.32. The first-order valence-electron chi connectivity index (χ1n) is 9.29. The van der Waals surface area contributed by atoms with Crippen molar-refractivity contribution in [3.05, 3.63) is 64.7 Å². The van der Waals surface area contributed by atoms with Crippen LogP contribution in [-0.2, 0) is 9.53 Å². The van der Waals surface area contributed by atoms with Crippen LogP contribution in [0.3, 0.4) is 0 Å². The first-order chi connectivity index (χ1) is 13.2. The molecule has 27 heavy (non-hydrogen) atoms. The Labute approximate surface area is 164 Å². The van der Waals surface area contributed by atoms with Gasteiger partial charge in [-0.05, 0) is 23.8 Å². The summed E-state index contributed by atoms with van der Waals surface area (Å²) in [5.74, 6) is 0.886. The zero-order valence-corrected chi connectivity index (χ0v) is 15.9. The molecule has 2 aliphatic rings. The molecule has 6 heteroatoms. The molecule has 2 aromatic rings. The van der Waals surface area contributed by atoms with Gasteiger partial charge in [0.2, 0.25) is 5.91 Å². The largest absolute Gasteiger partial charge is 0.491 e. The molecule has 0 spiro atoms. The average Bonchev–Trinajstić information content (AvgIpc) is 2.88. The van der Waals surface area contributed by atoms with Crippen molar-refractivity contribution in [2.75, 3.05) is 46.0 Å². The number of hydrogen-bond donors (Lipinski definition) is 0. The van der Waals surface area contributed by atoms with Gasteiger partial charge in [-0.3, -0.25) is 9.69 Å². The first kappa shape index (κ1) is 18.3. The van der Waals surface area contributed by atoms with E-state index in [0.717, 1.165) is 30.0 Å². The Bertz CT molecular complexity index is 793. The molecule has 1 unspecified atom stereocenters. The number of benzene rings is 2. The van der Waals surface area contributed by atoms with Crippen molar-refractivity contribution in [1.82, 2.24) is 9.80 Å². The molecule has 0 bridgehead atoms. The van der Waals surface area contributed by atoms with Gasteiger partial charge < -0.3 is 14.4 Å². The minimum absolute atomic E-state index is 0.0992. The number of fused-ring (bicyclic) bond motifs is 1. The van der Waals surface area contributed by atoms with Crippen LogP contribution in [0.1, 0.15) is 17.2 Å². The Morgan fingerprint density at radius 3 is 2.59 bits per heavy atom. The van der Waals surface area contributed by atoms with Crippen molar-refractivity contribution in [2.45, 2.75) is 6.04 Å². The van der Waals surface area contributed by atoms with Gasteiger partial charge in [-0.1, -0.05) is 41.9 Å². The second kappa shape index (κ2) is 8.30. The molecule has 1 saturated heterocycles. The van der Waals surface area contributed by atoms with Crippen molar-refractivity contribution in [1.29, 1.82) is 0 Å². The maximum Gasteiger partial charge on any atom is 0.237 e. The number of carbonyl (C=O) groups is 1. The lowest BCUT2D eigenvalue weighted by molar-refractivity contribution is -0.135. The van der Waals surface area contributed by atoms with Crippen LogP contribution in [0, 0.1) is 0 Å². The second-order valence-corrected chi connectivity index (χ2v) is 7.26. The third kappa shape index (κ3) is 4.10. The van der Waals surface area contributed by atoms with Crippen LogP contribution in [0.25, 0.3) is 0 Å². The van der Waals surface area contributed by atoms with Gasteiger partial charge in [-0.2, -0.15) is 0 Å². The molecule has 1 amide bonds. The highest BCUT2D eigenvalue weighted by molar-refractivity contribution is 6.30. The fraction of sp³-hybridized carbons (Fsp3) is 0.381. The van der Waals surface area contributed by atoms with Gasteiger partial charge in [-0.15, -0.1) is 0 Å². The lowest BCUT2D eigenvalue weighted by Gasteiger charge is -2.33. The van der Waals surface area contributed by atoms with Crippen molar-refractivity contribution >= 4 is 17.5 Å². The van der Waals surface area contributed by atoms with Gasteiger partial charge in [0.15, 0.2) is 0 Å².